The van der Waals surface area contributed by atoms with E-state index < -0.39 is 35.2 Å². The molecule has 1 aliphatic heterocycles. The van der Waals surface area contributed by atoms with Gasteiger partial charge in [0, 0.05) is 12.0 Å². The van der Waals surface area contributed by atoms with E-state index in [1.165, 1.54) is 11.8 Å². The van der Waals surface area contributed by atoms with Crippen molar-refractivity contribution in [2.45, 2.75) is 78.4 Å². The number of carbonyl (C=O) groups excluding carboxylic acids is 4. The maximum absolute atomic E-state index is 13.7. The number of piperidine rings is 1. The van der Waals surface area contributed by atoms with Gasteiger partial charge in [-0.1, -0.05) is 39.0 Å². The molecule has 2 aromatic carbocycles. The molecule has 0 N–H and O–H groups in total. The Morgan fingerprint density at radius 1 is 0.976 bits per heavy atom. The van der Waals surface area contributed by atoms with Crippen LogP contribution in [0.5, 0.6) is 17.2 Å². The molecule has 42 heavy (non-hydrogen) atoms. The number of carbonyl (C=O) groups is 4. The Labute approximate surface area is 248 Å². The van der Waals surface area contributed by atoms with Crippen molar-refractivity contribution in [3.05, 3.63) is 53.6 Å². The summed E-state index contributed by atoms with van der Waals surface area (Å²) in [6, 6.07) is 11.9. The number of amides is 1. The molecule has 9 nitrogen and oxygen atoms in total. The molecule has 9 heteroatoms. The predicted octanol–water partition coefficient (Wildman–Crippen LogP) is 5.28. The number of ketones is 2. The quantitative estimate of drug-likeness (QED) is 0.219. The van der Waals surface area contributed by atoms with E-state index in [0.29, 0.717) is 49.5 Å². The van der Waals surface area contributed by atoms with Crippen LogP contribution in [-0.2, 0) is 30.3 Å². The zero-order chi connectivity index (χ0) is 30.9. The van der Waals surface area contributed by atoms with Crippen molar-refractivity contribution in [3.8, 4) is 17.2 Å². The van der Waals surface area contributed by atoms with Gasteiger partial charge in [-0.05, 0) is 80.8 Å². The average molecular weight is 582 g/mol. The zero-order valence-corrected chi connectivity index (χ0v) is 25.6. The molecule has 0 saturated carbocycles. The van der Waals surface area contributed by atoms with E-state index in [2.05, 4.69) is 0 Å². The molecule has 1 saturated heterocycles. The van der Waals surface area contributed by atoms with Gasteiger partial charge in [-0.25, -0.2) is 4.79 Å². The van der Waals surface area contributed by atoms with Gasteiger partial charge in [0.1, 0.15) is 24.5 Å². The maximum atomic E-state index is 13.7. The fourth-order valence-electron chi connectivity index (χ4n) is 4.81. The first-order chi connectivity index (χ1) is 20.0. The lowest BCUT2D eigenvalue weighted by Crippen LogP contribution is -2.53. The second-order valence-corrected chi connectivity index (χ2v) is 11.3. The molecule has 0 spiro atoms. The fraction of sp³-hybridized carbons (Fsp3) is 0.515. The first-order valence-electron chi connectivity index (χ1n) is 14.5. The summed E-state index contributed by atoms with van der Waals surface area (Å²) in [5, 5.41) is 0. The standard InChI is InChI=1S/C33H43NO8/c1-7-33(3,4)30(36)31(37)34-19-9-8-10-26(34)32(38)42-27(24-13-15-25(16-14-24)41-21-22(2)35)17-11-23-12-18-28(39-5)29(20-23)40-6/h12-16,18,20,26-27H,7-11,17,19,21H2,1-6H3/t26-,27-/m1/s1. The molecule has 1 heterocycles. The molecule has 228 valence electrons. The number of benzene rings is 2. The van der Waals surface area contributed by atoms with Crippen molar-refractivity contribution in [1.29, 1.82) is 0 Å². The van der Waals surface area contributed by atoms with Gasteiger partial charge in [-0.3, -0.25) is 14.4 Å². The highest BCUT2D eigenvalue weighted by Crippen LogP contribution is 2.32. The second kappa shape index (κ2) is 14.8. The van der Waals surface area contributed by atoms with E-state index in [1.807, 2.05) is 25.1 Å². The lowest BCUT2D eigenvalue weighted by Gasteiger charge is -2.36. The number of hydrogen-bond acceptors (Lipinski definition) is 8. The minimum atomic E-state index is -0.829. The number of ether oxygens (including phenoxy) is 4. The lowest BCUT2D eigenvalue weighted by molar-refractivity contribution is -0.164. The van der Waals surface area contributed by atoms with Crippen LogP contribution in [0.3, 0.4) is 0 Å². The molecule has 1 fully saturated rings. The minimum absolute atomic E-state index is 0.0316. The number of methoxy groups -OCH3 is 2. The van der Waals surface area contributed by atoms with Gasteiger partial charge in [0.2, 0.25) is 5.78 Å². The smallest absolute Gasteiger partial charge is 0.329 e. The third-order valence-electron chi connectivity index (χ3n) is 7.82. The Balaban J connectivity index is 1.84. The number of Topliss-reactive ketones (excluding diaryl/α,β-unsaturated/α-hetero) is 2. The fourth-order valence-corrected chi connectivity index (χ4v) is 4.81. The van der Waals surface area contributed by atoms with Crippen LogP contribution in [0.15, 0.2) is 42.5 Å². The normalized spacial score (nSPS) is 15.9. The van der Waals surface area contributed by atoms with Gasteiger partial charge in [0.15, 0.2) is 17.3 Å². The Bertz CT molecular complexity index is 1250. The lowest BCUT2D eigenvalue weighted by atomic mass is 9.84. The number of likely N-dealkylation sites (tertiary alicyclic amines) is 1. The van der Waals surface area contributed by atoms with Gasteiger partial charge in [0.25, 0.3) is 5.91 Å². The number of rotatable bonds is 14. The largest absolute Gasteiger partial charge is 0.493 e. The monoisotopic (exact) mass is 581 g/mol. The van der Waals surface area contributed by atoms with Crippen LogP contribution in [0.25, 0.3) is 0 Å². The van der Waals surface area contributed by atoms with E-state index in [4.69, 9.17) is 18.9 Å². The first kappa shape index (κ1) is 32.6. The van der Waals surface area contributed by atoms with E-state index >= 15 is 0 Å². The highest BCUT2D eigenvalue weighted by atomic mass is 16.5. The van der Waals surface area contributed by atoms with E-state index in [-0.39, 0.29) is 12.4 Å². The summed E-state index contributed by atoms with van der Waals surface area (Å²) in [6.45, 7) is 7.12. The molecule has 0 radical (unpaired) electrons. The van der Waals surface area contributed by atoms with Gasteiger partial charge >= 0.3 is 5.97 Å². The molecule has 0 aromatic heterocycles. The Kier molecular flexibility index (Phi) is 11.5. The topological polar surface area (TPSA) is 108 Å². The SMILES string of the molecule is CCC(C)(C)C(=O)C(=O)N1CCCC[C@@H]1C(=O)O[C@H](CCc1ccc(OC)c(OC)c1)c1ccc(OCC(C)=O)cc1. The second-order valence-electron chi connectivity index (χ2n) is 11.3. The van der Waals surface area contributed by atoms with Gasteiger partial charge in [-0.2, -0.15) is 0 Å². The van der Waals surface area contributed by atoms with Gasteiger partial charge in [0.05, 0.1) is 14.2 Å². The van der Waals surface area contributed by atoms with Crippen LogP contribution in [0, 0.1) is 5.41 Å². The highest BCUT2D eigenvalue weighted by molar-refractivity contribution is 6.38. The van der Waals surface area contributed by atoms with E-state index in [0.717, 1.165) is 24.0 Å². The van der Waals surface area contributed by atoms with Crippen molar-refractivity contribution in [2.24, 2.45) is 5.41 Å². The first-order valence-corrected chi connectivity index (χ1v) is 14.5. The number of nitrogens with zero attached hydrogens (tertiary/aromatic N) is 1. The summed E-state index contributed by atoms with van der Waals surface area (Å²) in [5.74, 6) is 0.0144. The molecule has 1 aliphatic rings. The molecule has 2 aromatic rings. The molecular formula is C33H43NO8. The summed E-state index contributed by atoms with van der Waals surface area (Å²) >= 11 is 0. The summed E-state index contributed by atoms with van der Waals surface area (Å²) in [7, 11) is 3.15. The summed E-state index contributed by atoms with van der Waals surface area (Å²) in [4.78, 5) is 52.6. The maximum Gasteiger partial charge on any atom is 0.329 e. The highest BCUT2D eigenvalue weighted by Gasteiger charge is 2.41. The molecule has 3 rings (SSSR count). The van der Waals surface area contributed by atoms with Crippen LogP contribution >= 0.6 is 0 Å². The Morgan fingerprint density at radius 3 is 2.29 bits per heavy atom. The predicted molar refractivity (Wildman–Crippen MR) is 158 cm³/mol. The molecular weight excluding hydrogens is 538 g/mol. The Hall–Kier alpha value is -3.88. The summed E-state index contributed by atoms with van der Waals surface area (Å²) in [6.07, 6.45) is 2.83. The van der Waals surface area contributed by atoms with Crippen LogP contribution in [0.4, 0.5) is 0 Å². The minimum Gasteiger partial charge on any atom is -0.493 e. The molecule has 0 unspecified atom stereocenters. The molecule has 0 bridgehead atoms. The summed E-state index contributed by atoms with van der Waals surface area (Å²) < 4.78 is 22.4. The van der Waals surface area contributed by atoms with Crippen LogP contribution in [0.1, 0.15) is 77.0 Å². The number of esters is 1. The van der Waals surface area contributed by atoms with Crippen molar-refractivity contribution >= 4 is 23.4 Å². The third-order valence-corrected chi connectivity index (χ3v) is 7.82. The zero-order valence-electron chi connectivity index (χ0n) is 25.6. The van der Waals surface area contributed by atoms with Crippen molar-refractivity contribution in [3.63, 3.8) is 0 Å². The summed E-state index contributed by atoms with van der Waals surface area (Å²) in [5.41, 5.74) is 0.907. The molecule has 1 amide bonds. The van der Waals surface area contributed by atoms with Gasteiger partial charge in [-0.15, -0.1) is 0 Å². The van der Waals surface area contributed by atoms with Crippen LogP contribution in [-0.4, -0.2) is 61.8 Å². The van der Waals surface area contributed by atoms with Crippen molar-refractivity contribution in [2.75, 3.05) is 27.4 Å². The Morgan fingerprint density at radius 2 is 1.67 bits per heavy atom. The average Bonchev–Trinajstić information content (AvgIpc) is 3.01. The van der Waals surface area contributed by atoms with E-state index in [1.54, 1.807) is 52.3 Å². The third kappa shape index (κ3) is 8.33. The number of aryl methyl sites for hydroxylation is 1. The van der Waals surface area contributed by atoms with Crippen LogP contribution < -0.4 is 14.2 Å². The van der Waals surface area contributed by atoms with Crippen molar-refractivity contribution in [1.82, 2.24) is 4.90 Å². The molecule has 0 aliphatic carbocycles. The van der Waals surface area contributed by atoms with Gasteiger partial charge < -0.3 is 23.8 Å². The van der Waals surface area contributed by atoms with Crippen LogP contribution in [0.2, 0.25) is 0 Å². The van der Waals surface area contributed by atoms with E-state index in [9.17, 15) is 19.2 Å². The number of hydrogen-bond donors (Lipinski definition) is 0. The van der Waals surface area contributed by atoms with Crippen molar-refractivity contribution < 1.29 is 38.1 Å². The molecule has 2 atom stereocenters.